The molecule has 0 saturated carbocycles. The minimum absolute atomic E-state index is 0.0142. The topological polar surface area (TPSA) is 55.2 Å². The van der Waals surface area contributed by atoms with Gasteiger partial charge >= 0.3 is 0 Å². The van der Waals surface area contributed by atoms with Crippen molar-refractivity contribution < 1.29 is 4.79 Å². The van der Waals surface area contributed by atoms with Crippen LogP contribution in [0, 0.1) is 11.3 Å². The van der Waals surface area contributed by atoms with Gasteiger partial charge in [-0.3, -0.25) is 14.2 Å². The molecule has 0 aliphatic heterocycles. The van der Waals surface area contributed by atoms with E-state index in [4.69, 9.17) is 0 Å². The third kappa shape index (κ3) is 4.06. The standard InChI is InChI=1S/C24H29N3O2S/c1-24(2,3)17-10-11-18-19(12-17)30-22-21(18)23(29)27(15-25-22)14-20(28)26(4)13-16-8-6-5-7-9-16/h5-9,15,17H,10-14H2,1-4H3/t17-/m0/s1. The van der Waals surface area contributed by atoms with Crippen molar-refractivity contribution in [3.63, 3.8) is 0 Å². The number of hydrogen-bond donors (Lipinski definition) is 0. The number of likely N-dealkylation sites (N-methyl/N-ethyl adjacent to an activating group) is 1. The lowest BCUT2D eigenvalue weighted by Crippen LogP contribution is -2.34. The molecule has 30 heavy (non-hydrogen) atoms. The van der Waals surface area contributed by atoms with Crippen LogP contribution in [0.2, 0.25) is 0 Å². The zero-order valence-electron chi connectivity index (χ0n) is 18.1. The van der Waals surface area contributed by atoms with Gasteiger partial charge in [0.15, 0.2) is 0 Å². The van der Waals surface area contributed by atoms with Crippen molar-refractivity contribution in [2.75, 3.05) is 7.05 Å². The normalized spacial score (nSPS) is 16.5. The summed E-state index contributed by atoms with van der Waals surface area (Å²) in [6.07, 6.45) is 4.55. The lowest BCUT2D eigenvalue weighted by atomic mass is 9.72. The van der Waals surface area contributed by atoms with Gasteiger partial charge in [-0.05, 0) is 41.7 Å². The van der Waals surface area contributed by atoms with Crippen LogP contribution in [0.25, 0.3) is 10.2 Å². The molecule has 0 radical (unpaired) electrons. The van der Waals surface area contributed by atoms with Gasteiger partial charge in [0.05, 0.1) is 11.7 Å². The van der Waals surface area contributed by atoms with Crippen molar-refractivity contribution in [2.24, 2.45) is 11.3 Å². The zero-order chi connectivity index (χ0) is 21.5. The number of fused-ring (bicyclic) bond motifs is 3. The molecule has 1 aromatic carbocycles. The van der Waals surface area contributed by atoms with Gasteiger partial charge < -0.3 is 4.90 Å². The van der Waals surface area contributed by atoms with Gasteiger partial charge in [-0.2, -0.15) is 0 Å². The Labute approximate surface area is 181 Å². The molecule has 0 fully saturated rings. The molecule has 1 aliphatic rings. The summed E-state index contributed by atoms with van der Waals surface area (Å²) in [6.45, 7) is 7.41. The molecular weight excluding hydrogens is 394 g/mol. The first-order chi connectivity index (χ1) is 14.2. The highest BCUT2D eigenvalue weighted by molar-refractivity contribution is 7.18. The fraction of sp³-hybridized carbons (Fsp3) is 0.458. The van der Waals surface area contributed by atoms with Crippen LogP contribution in [0.3, 0.4) is 0 Å². The summed E-state index contributed by atoms with van der Waals surface area (Å²) in [4.78, 5) is 34.2. The number of hydrogen-bond acceptors (Lipinski definition) is 4. The molecule has 2 heterocycles. The monoisotopic (exact) mass is 423 g/mol. The van der Waals surface area contributed by atoms with Crippen molar-refractivity contribution in [2.45, 2.75) is 53.1 Å². The Balaban J connectivity index is 1.57. The van der Waals surface area contributed by atoms with Gasteiger partial charge in [0.2, 0.25) is 5.91 Å². The minimum Gasteiger partial charge on any atom is -0.340 e. The highest BCUT2D eigenvalue weighted by Crippen LogP contribution is 2.41. The second-order valence-corrected chi connectivity index (χ2v) is 10.5. The number of nitrogens with zero attached hydrogens (tertiary/aromatic N) is 3. The van der Waals surface area contributed by atoms with Crippen molar-refractivity contribution in [3.05, 3.63) is 63.0 Å². The summed E-state index contributed by atoms with van der Waals surface area (Å²) in [5, 5.41) is 0.725. The second kappa shape index (κ2) is 7.99. The van der Waals surface area contributed by atoms with Crippen LogP contribution in [-0.4, -0.2) is 27.4 Å². The third-order valence-electron chi connectivity index (χ3n) is 6.25. The van der Waals surface area contributed by atoms with Gasteiger partial charge in [0.1, 0.15) is 11.4 Å². The average Bonchev–Trinajstić information content (AvgIpc) is 3.08. The Hall–Kier alpha value is -2.47. The van der Waals surface area contributed by atoms with E-state index in [9.17, 15) is 9.59 Å². The van der Waals surface area contributed by atoms with Crippen LogP contribution < -0.4 is 5.56 Å². The van der Waals surface area contributed by atoms with Crippen molar-refractivity contribution in [1.29, 1.82) is 0 Å². The van der Waals surface area contributed by atoms with E-state index in [0.717, 1.165) is 40.6 Å². The first kappa shape index (κ1) is 20.8. The summed E-state index contributed by atoms with van der Waals surface area (Å²) >= 11 is 1.65. The molecule has 0 saturated heterocycles. The molecule has 3 aromatic rings. The number of thiophene rings is 1. The lowest BCUT2D eigenvalue weighted by molar-refractivity contribution is -0.131. The van der Waals surface area contributed by atoms with E-state index in [1.54, 1.807) is 23.3 Å². The van der Waals surface area contributed by atoms with Crippen LogP contribution in [0.15, 0.2) is 41.5 Å². The Morgan fingerprint density at radius 1 is 1.27 bits per heavy atom. The summed E-state index contributed by atoms with van der Waals surface area (Å²) in [5.74, 6) is 0.521. The average molecular weight is 424 g/mol. The molecule has 0 N–H and O–H groups in total. The minimum atomic E-state index is -0.0982. The molecule has 2 aromatic heterocycles. The van der Waals surface area contributed by atoms with Gasteiger partial charge in [-0.1, -0.05) is 51.1 Å². The number of carbonyl (C=O) groups is 1. The second-order valence-electron chi connectivity index (χ2n) is 9.40. The van der Waals surface area contributed by atoms with Gasteiger partial charge in [-0.15, -0.1) is 11.3 Å². The first-order valence-corrected chi connectivity index (χ1v) is 11.3. The van der Waals surface area contributed by atoms with Gasteiger partial charge in [-0.25, -0.2) is 4.98 Å². The van der Waals surface area contributed by atoms with E-state index in [0.29, 0.717) is 12.5 Å². The van der Waals surface area contributed by atoms with Crippen LogP contribution in [0.1, 0.15) is 43.2 Å². The van der Waals surface area contributed by atoms with Crippen LogP contribution in [0.5, 0.6) is 0 Å². The maximum absolute atomic E-state index is 13.2. The molecule has 5 nitrogen and oxygen atoms in total. The first-order valence-electron chi connectivity index (χ1n) is 10.5. The predicted molar refractivity (Wildman–Crippen MR) is 122 cm³/mol. The highest BCUT2D eigenvalue weighted by Gasteiger charge is 2.31. The number of aromatic nitrogens is 2. The van der Waals surface area contributed by atoms with Gasteiger partial charge in [0, 0.05) is 18.5 Å². The van der Waals surface area contributed by atoms with E-state index in [2.05, 4.69) is 25.8 Å². The summed E-state index contributed by atoms with van der Waals surface area (Å²) in [6, 6.07) is 9.86. The third-order valence-corrected chi connectivity index (χ3v) is 7.42. The smallest absolute Gasteiger partial charge is 0.262 e. The van der Waals surface area contributed by atoms with Crippen molar-refractivity contribution in [1.82, 2.24) is 14.5 Å². The Morgan fingerprint density at radius 3 is 2.70 bits per heavy atom. The van der Waals surface area contributed by atoms with E-state index in [1.807, 2.05) is 30.3 Å². The fourth-order valence-corrected chi connectivity index (χ4v) is 5.52. The molecular formula is C24H29N3O2S. The van der Waals surface area contributed by atoms with E-state index >= 15 is 0 Å². The Bertz CT molecular complexity index is 1130. The van der Waals surface area contributed by atoms with Crippen molar-refractivity contribution >= 4 is 27.5 Å². The zero-order valence-corrected chi connectivity index (χ0v) is 19.0. The predicted octanol–water partition coefficient (Wildman–Crippen LogP) is 4.27. The molecule has 1 atom stereocenters. The molecule has 0 bridgehead atoms. The van der Waals surface area contributed by atoms with E-state index in [-0.39, 0.29) is 23.4 Å². The molecule has 1 aliphatic carbocycles. The molecule has 4 rings (SSSR count). The Morgan fingerprint density at radius 2 is 2.00 bits per heavy atom. The quantitative estimate of drug-likeness (QED) is 0.630. The number of carbonyl (C=O) groups excluding carboxylic acids is 1. The van der Waals surface area contributed by atoms with Crippen molar-refractivity contribution in [3.8, 4) is 0 Å². The van der Waals surface area contributed by atoms with Crippen LogP contribution in [0.4, 0.5) is 0 Å². The van der Waals surface area contributed by atoms with Crippen LogP contribution in [-0.2, 0) is 30.7 Å². The maximum atomic E-state index is 13.2. The molecule has 6 heteroatoms. The Kier molecular flexibility index (Phi) is 5.53. The SMILES string of the molecule is CN(Cc1ccccc1)C(=O)Cn1cnc2sc3c(c2c1=O)CC[C@H](C(C)(C)C)C3. The number of benzene rings is 1. The largest absolute Gasteiger partial charge is 0.340 e. The number of aryl methyl sites for hydroxylation is 1. The summed E-state index contributed by atoms with van der Waals surface area (Å²) < 4.78 is 1.47. The molecule has 1 amide bonds. The maximum Gasteiger partial charge on any atom is 0.262 e. The van der Waals surface area contributed by atoms with Crippen LogP contribution >= 0.6 is 11.3 Å². The summed E-state index contributed by atoms with van der Waals surface area (Å²) in [5.41, 5.74) is 2.40. The number of amides is 1. The van der Waals surface area contributed by atoms with E-state index in [1.165, 1.54) is 15.8 Å². The number of rotatable bonds is 4. The fourth-order valence-electron chi connectivity index (χ4n) is 4.26. The summed E-state index contributed by atoms with van der Waals surface area (Å²) in [7, 11) is 1.77. The molecule has 0 unspecified atom stereocenters. The van der Waals surface area contributed by atoms with Gasteiger partial charge in [0.25, 0.3) is 5.56 Å². The molecule has 158 valence electrons. The van der Waals surface area contributed by atoms with E-state index < -0.39 is 0 Å². The highest BCUT2D eigenvalue weighted by atomic mass is 32.1. The lowest BCUT2D eigenvalue weighted by Gasteiger charge is -2.33. The molecule has 0 spiro atoms.